The number of hydrogen-bond acceptors (Lipinski definition) is 5. The Balaban J connectivity index is 1.73. The summed E-state index contributed by atoms with van der Waals surface area (Å²) >= 11 is 1.63. The molecule has 3 aromatic rings. The maximum Gasteiger partial charge on any atom is 0.196 e. The number of para-hydroxylation sites is 2. The first-order chi connectivity index (χ1) is 11.2. The lowest BCUT2D eigenvalue weighted by molar-refractivity contribution is -0.0387. The first kappa shape index (κ1) is 15.8. The second kappa shape index (κ2) is 7.02. The van der Waals surface area contributed by atoms with E-state index in [0.717, 1.165) is 38.9 Å². The minimum atomic E-state index is -0.285. The minimum absolute atomic E-state index is 0.285. The second-order valence-corrected chi connectivity index (χ2v) is 6.11. The van der Waals surface area contributed by atoms with Gasteiger partial charge in [-0.25, -0.2) is 4.98 Å². The third-order valence-corrected chi connectivity index (χ3v) is 4.48. The lowest BCUT2D eigenvalue weighted by atomic mass is 10.2. The van der Waals surface area contributed by atoms with E-state index in [4.69, 9.17) is 9.47 Å². The van der Waals surface area contributed by atoms with Crippen LogP contribution in [0.1, 0.15) is 18.2 Å². The van der Waals surface area contributed by atoms with Gasteiger partial charge >= 0.3 is 0 Å². The second-order valence-electron chi connectivity index (χ2n) is 5.15. The van der Waals surface area contributed by atoms with E-state index in [1.807, 2.05) is 44.2 Å². The van der Waals surface area contributed by atoms with Crippen molar-refractivity contribution < 1.29 is 9.47 Å². The van der Waals surface area contributed by atoms with Gasteiger partial charge in [-0.05, 0) is 32.0 Å². The number of hydrogen-bond donors (Lipinski definition) is 1. The van der Waals surface area contributed by atoms with Gasteiger partial charge < -0.3 is 14.5 Å². The molecule has 0 unspecified atom stereocenters. The number of thioether (sulfide) groups is 1. The van der Waals surface area contributed by atoms with Gasteiger partial charge in [0, 0.05) is 24.6 Å². The SMILES string of the molecule is CO[C@H](C)Oc1ccnc(CSc2nc3ccccc3[nH]2)c1C. The Hall–Kier alpha value is -2.05. The van der Waals surface area contributed by atoms with E-state index in [1.165, 1.54) is 0 Å². The summed E-state index contributed by atoms with van der Waals surface area (Å²) in [7, 11) is 1.62. The summed E-state index contributed by atoms with van der Waals surface area (Å²) < 4.78 is 10.9. The summed E-state index contributed by atoms with van der Waals surface area (Å²) in [5.41, 5.74) is 4.03. The number of imidazole rings is 1. The number of H-pyrrole nitrogens is 1. The molecule has 2 heterocycles. The molecule has 120 valence electrons. The summed E-state index contributed by atoms with van der Waals surface area (Å²) in [5.74, 6) is 1.53. The summed E-state index contributed by atoms with van der Waals surface area (Å²) in [6.07, 6.45) is 1.48. The first-order valence-electron chi connectivity index (χ1n) is 7.39. The highest BCUT2D eigenvalue weighted by molar-refractivity contribution is 7.98. The maximum atomic E-state index is 5.74. The van der Waals surface area contributed by atoms with Crippen LogP contribution in [0.25, 0.3) is 11.0 Å². The Kier molecular flexibility index (Phi) is 4.83. The van der Waals surface area contributed by atoms with Crippen molar-refractivity contribution in [1.82, 2.24) is 15.0 Å². The summed E-state index contributed by atoms with van der Waals surface area (Å²) in [6, 6.07) is 9.87. The molecule has 3 rings (SSSR count). The average Bonchev–Trinajstić information content (AvgIpc) is 2.98. The molecule has 1 N–H and O–H groups in total. The van der Waals surface area contributed by atoms with Crippen molar-refractivity contribution in [3.8, 4) is 5.75 Å². The lowest BCUT2D eigenvalue weighted by Crippen LogP contribution is -2.14. The molecule has 0 fully saturated rings. The van der Waals surface area contributed by atoms with E-state index in [1.54, 1.807) is 25.1 Å². The van der Waals surface area contributed by atoms with E-state index >= 15 is 0 Å². The van der Waals surface area contributed by atoms with Gasteiger partial charge in [0.1, 0.15) is 5.75 Å². The molecule has 5 nitrogen and oxygen atoms in total. The molecule has 0 amide bonds. The number of ether oxygens (including phenoxy) is 2. The Labute approximate surface area is 139 Å². The van der Waals surface area contributed by atoms with Gasteiger partial charge in [0.2, 0.25) is 0 Å². The predicted octanol–water partition coefficient (Wildman–Crippen LogP) is 3.93. The molecule has 0 aliphatic rings. The third kappa shape index (κ3) is 3.65. The molecular weight excluding hydrogens is 310 g/mol. The molecule has 0 radical (unpaired) electrons. The fraction of sp³-hybridized carbons (Fsp3) is 0.294. The van der Waals surface area contributed by atoms with Gasteiger partial charge in [-0.3, -0.25) is 4.98 Å². The number of nitrogens with one attached hydrogen (secondary N) is 1. The molecule has 6 heteroatoms. The van der Waals surface area contributed by atoms with E-state index in [9.17, 15) is 0 Å². The Morgan fingerprint density at radius 1 is 1.26 bits per heavy atom. The van der Waals surface area contributed by atoms with Gasteiger partial charge in [0.25, 0.3) is 0 Å². The van der Waals surface area contributed by atoms with E-state index in [0.29, 0.717) is 0 Å². The van der Waals surface area contributed by atoms with Crippen LogP contribution in [0.5, 0.6) is 5.75 Å². The molecule has 0 saturated heterocycles. The number of pyridine rings is 1. The van der Waals surface area contributed by atoms with Crippen LogP contribution in [-0.2, 0) is 10.5 Å². The zero-order valence-electron chi connectivity index (χ0n) is 13.4. The maximum absolute atomic E-state index is 5.74. The summed E-state index contributed by atoms with van der Waals surface area (Å²) in [5, 5.41) is 0.893. The van der Waals surface area contributed by atoms with Crippen LogP contribution in [0.15, 0.2) is 41.7 Å². The number of nitrogens with zero attached hydrogens (tertiary/aromatic N) is 2. The Morgan fingerprint density at radius 3 is 2.87 bits per heavy atom. The van der Waals surface area contributed by atoms with Crippen LogP contribution in [0, 0.1) is 6.92 Å². The summed E-state index contributed by atoms with van der Waals surface area (Å²) in [4.78, 5) is 12.3. The fourth-order valence-electron chi connectivity index (χ4n) is 2.19. The summed E-state index contributed by atoms with van der Waals surface area (Å²) in [6.45, 7) is 3.88. The minimum Gasteiger partial charge on any atom is -0.465 e. The Bertz CT molecular complexity index is 770. The smallest absolute Gasteiger partial charge is 0.196 e. The van der Waals surface area contributed by atoms with E-state index in [-0.39, 0.29) is 6.29 Å². The highest BCUT2D eigenvalue weighted by Crippen LogP contribution is 2.27. The van der Waals surface area contributed by atoms with Gasteiger partial charge in [0.15, 0.2) is 11.4 Å². The average molecular weight is 329 g/mol. The van der Waals surface area contributed by atoms with E-state index in [2.05, 4.69) is 15.0 Å². The molecule has 23 heavy (non-hydrogen) atoms. The normalized spacial score (nSPS) is 12.5. The number of aromatic amines is 1. The molecule has 0 saturated carbocycles. The highest BCUT2D eigenvalue weighted by atomic mass is 32.2. The van der Waals surface area contributed by atoms with Gasteiger partial charge in [-0.15, -0.1) is 0 Å². The highest BCUT2D eigenvalue weighted by Gasteiger charge is 2.11. The predicted molar refractivity (Wildman–Crippen MR) is 91.7 cm³/mol. The molecule has 1 atom stereocenters. The van der Waals surface area contributed by atoms with Crippen LogP contribution >= 0.6 is 11.8 Å². The molecular formula is C17H19N3O2S. The number of aromatic nitrogens is 3. The van der Waals surface area contributed by atoms with Crippen molar-refractivity contribution >= 4 is 22.8 Å². The fourth-order valence-corrected chi connectivity index (χ4v) is 3.10. The third-order valence-electron chi connectivity index (χ3n) is 3.60. The number of benzene rings is 1. The molecule has 0 aliphatic heterocycles. The van der Waals surface area contributed by atoms with Crippen LogP contribution in [0.4, 0.5) is 0 Å². The topological polar surface area (TPSA) is 60.0 Å². The van der Waals surface area contributed by atoms with Crippen LogP contribution in [-0.4, -0.2) is 28.4 Å². The van der Waals surface area contributed by atoms with Gasteiger partial charge in [0.05, 0.1) is 16.7 Å². The van der Waals surface area contributed by atoms with E-state index < -0.39 is 0 Å². The standard InChI is InChI=1S/C17H19N3O2S/c1-11-15(18-9-8-16(11)22-12(2)21-3)10-23-17-19-13-6-4-5-7-14(13)20-17/h4-9,12H,10H2,1-3H3,(H,19,20)/t12-/m0/s1. The number of methoxy groups -OCH3 is 1. The van der Waals surface area contributed by atoms with Gasteiger partial charge in [-0.2, -0.15) is 0 Å². The first-order valence-corrected chi connectivity index (χ1v) is 8.37. The lowest BCUT2D eigenvalue weighted by Gasteiger charge is -2.15. The van der Waals surface area contributed by atoms with Crippen molar-refractivity contribution in [1.29, 1.82) is 0 Å². The van der Waals surface area contributed by atoms with Crippen molar-refractivity contribution in [3.05, 3.63) is 47.8 Å². The van der Waals surface area contributed by atoms with Crippen LogP contribution < -0.4 is 4.74 Å². The van der Waals surface area contributed by atoms with Crippen molar-refractivity contribution in [2.24, 2.45) is 0 Å². The largest absolute Gasteiger partial charge is 0.465 e. The number of fused-ring (bicyclic) bond motifs is 1. The number of rotatable bonds is 6. The molecule has 1 aromatic carbocycles. The molecule has 2 aromatic heterocycles. The van der Waals surface area contributed by atoms with Crippen molar-refractivity contribution in [3.63, 3.8) is 0 Å². The molecule has 0 bridgehead atoms. The van der Waals surface area contributed by atoms with Crippen molar-refractivity contribution in [2.75, 3.05) is 7.11 Å². The monoisotopic (exact) mass is 329 g/mol. The van der Waals surface area contributed by atoms with Crippen LogP contribution in [0.2, 0.25) is 0 Å². The zero-order valence-corrected chi connectivity index (χ0v) is 14.2. The molecule has 0 spiro atoms. The van der Waals surface area contributed by atoms with Crippen LogP contribution in [0.3, 0.4) is 0 Å². The van der Waals surface area contributed by atoms with Crippen molar-refractivity contribution in [2.45, 2.75) is 31.0 Å². The van der Waals surface area contributed by atoms with Gasteiger partial charge in [-0.1, -0.05) is 23.9 Å². The quantitative estimate of drug-likeness (QED) is 0.548. The Morgan fingerprint density at radius 2 is 2.09 bits per heavy atom. The zero-order chi connectivity index (χ0) is 16.2. The molecule has 0 aliphatic carbocycles.